The Morgan fingerprint density at radius 1 is 0.857 bits per heavy atom. The van der Waals surface area contributed by atoms with E-state index in [2.05, 4.69) is 9.97 Å². The zero-order chi connectivity index (χ0) is 14.4. The molecule has 0 aliphatic heterocycles. The van der Waals surface area contributed by atoms with E-state index >= 15 is 0 Å². The van der Waals surface area contributed by atoms with Crippen LogP contribution < -0.4 is 0 Å². The highest BCUT2D eigenvalue weighted by atomic mass is 16.2. The van der Waals surface area contributed by atoms with Crippen LogP contribution in [-0.2, 0) is 0 Å². The van der Waals surface area contributed by atoms with Crippen LogP contribution in [0.3, 0.4) is 0 Å². The molecule has 0 amide bonds. The van der Waals surface area contributed by atoms with Crippen molar-refractivity contribution in [2.24, 2.45) is 0 Å². The fraction of sp³-hybridized carbons (Fsp3) is 0.0588. The van der Waals surface area contributed by atoms with Crippen molar-refractivity contribution >= 4 is 22.5 Å². The minimum Gasteiger partial charge on any atom is -0.293 e. The number of hydrogen-bond acceptors (Lipinski definition) is 4. The molecule has 1 aliphatic rings. The third-order valence-electron chi connectivity index (χ3n) is 3.75. The number of rotatable bonds is 1. The molecule has 4 nitrogen and oxygen atoms in total. The summed E-state index contributed by atoms with van der Waals surface area (Å²) >= 11 is 0. The van der Waals surface area contributed by atoms with Gasteiger partial charge in [-0.05, 0) is 24.3 Å². The Bertz CT molecular complexity index is 867. The van der Waals surface area contributed by atoms with Crippen molar-refractivity contribution in [3.05, 3.63) is 71.7 Å². The highest BCUT2D eigenvalue weighted by Crippen LogP contribution is 2.32. The molecule has 1 aliphatic carbocycles. The van der Waals surface area contributed by atoms with Gasteiger partial charge in [0.15, 0.2) is 11.6 Å². The number of carbonyl (C=O) groups excluding carboxylic acids is 2. The van der Waals surface area contributed by atoms with Crippen molar-refractivity contribution in [1.29, 1.82) is 0 Å². The van der Waals surface area contributed by atoms with Gasteiger partial charge in [0.25, 0.3) is 0 Å². The van der Waals surface area contributed by atoms with Crippen LogP contribution in [0, 0.1) is 0 Å². The Morgan fingerprint density at radius 3 is 2.57 bits per heavy atom. The molecule has 1 atom stereocenters. The maximum atomic E-state index is 12.4. The molecule has 0 saturated heterocycles. The molecular formula is C17H10N2O2. The van der Waals surface area contributed by atoms with Crippen LogP contribution in [0.1, 0.15) is 32.5 Å². The standard InChI is InChI=1S/C17H10N2O2/c20-16-11-5-3-9-18-15(11)17(21)14(16)13-8-7-10-4-1-2-6-12(10)19-13/h1-9,14H/t14-/m1/s1. The van der Waals surface area contributed by atoms with E-state index in [4.69, 9.17) is 0 Å². The quantitative estimate of drug-likeness (QED) is 0.640. The first-order chi connectivity index (χ1) is 10.3. The lowest BCUT2D eigenvalue weighted by Gasteiger charge is -2.07. The summed E-state index contributed by atoms with van der Waals surface area (Å²) in [6, 6.07) is 14.6. The van der Waals surface area contributed by atoms with Crippen molar-refractivity contribution in [2.75, 3.05) is 0 Å². The molecule has 0 saturated carbocycles. The van der Waals surface area contributed by atoms with Crippen LogP contribution in [-0.4, -0.2) is 21.5 Å². The molecule has 2 heterocycles. The van der Waals surface area contributed by atoms with Crippen LogP contribution >= 0.6 is 0 Å². The second-order valence-corrected chi connectivity index (χ2v) is 4.99. The van der Waals surface area contributed by atoms with E-state index in [1.165, 1.54) is 6.20 Å². The lowest BCUT2D eigenvalue weighted by Crippen LogP contribution is -2.14. The predicted octanol–water partition coefficient (Wildman–Crippen LogP) is 2.79. The number of nitrogens with zero attached hydrogens (tertiary/aromatic N) is 2. The van der Waals surface area contributed by atoms with Crippen LogP contribution in [0.2, 0.25) is 0 Å². The normalized spacial score (nSPS) is 17.2. The maximum Gasteiger partial charge on any atom is 0.198 e. The summed E-state index contributed by atoms with van der Waals surface area (Å²) in [6.07, 6.45) is 1.53. The highest BCUT2D eigenvalue weighted by molar-refractivity contribution is 6.28. The molecule has 3 aromatic rings. The minimum absolute atomic E-state index is 0.217. The van der Waals surface area contributed by atoms with E-state index in [-0.39, 0.29) is 17.3 Å². The van der Waals surface area contributed by atoms with Gasteiger partial charge < -0.3 is 0 Å². The number of fused-ring (bicyclic) bond motifs is 2. The summed E-state index contributed by atoms with van der Waals surface area (Å²) in [6.45, 7) is 0. The number of benzene rings is 1. The smallest absolute Gasteiger partial charge is 0.198 e. The number of para-hydroxylation sites is 1. The summed E-state index contributed by atoms with van der Waals surface area (Å²) in [5.74, 6) is -1.34. The largest absolute Gasteiger partial charge is 0.293 e. The van der Waals surface area contributed by atoms with Crippen LogP contribution in [0.15, 0.2) is 54.7 Å². The van der Waals surface area contributed by atoms with Crippen molar-refractivity contribution in [3.63, 3.8) is 0 Å². The second kappa shape index (κ2) is 4.31. The van der Waals surface area contributed by atoms with Gasteiger partial charge in [0.05, 0.1) is 11.2 Å². The fourth-order valence-electron chi connectivity index (χ4n) is 2.72. The van der Waals surface area contributed by atoms with Crippen molar-refractivity contribution in [3.8, 4) is 0 Å². The van der Waals surface area contributed by atoms with E-state index in [0.29, 0.717) is 11.3 Å². The Balaban J connectivity index is 1.86. The van der Waals surface area contributed by atoms with E-state index in [1.807, 2.05) is 30.3 Å². The molecule has 0 unspecified atom stereocenters. The van der Waals surface area contributed by atoms with Crippen molar-refractivity contribution in [2.45, 2.75) is 5.92 Å². The Labute approximate surface area is 120 Å². The molecule has 4 heteroatoms. The number of hydrogen-bond donors (Lipinski definition) is 0. The van der Waals surface area contributed by atoms with E-state index in [0.717, 1.165) is 10.9 Å². The first-order valence-electron chi connectivity index (χ1n) is 6.65. The zero-order valence-corrected chi connectivity index (χ0v) is 11.0. The van der Waals surface area contributed by atoms with E-state index in [9.17, 15) is 9.59 Å². The highest BCUT2D eigenvalue weighted by Gasteiger charge is 2.41. The van der Waals surface area contributed by atoms with Gasteiger partial charge in [-0.1, -0.05) is 24.3 Å². The van der Waals surface area contributed by atoms with Gasteiger partial charge in [-0.3, -0.25) is 19.6 Å². The van der Waals surface area contributed by atoms with E-state index in [1.54, 1.807) is 18.2 Å². The Hall–Kier alpha value is -2.88. The molecule has 0 radical (unpaired) electrons. The van der Waals surface area contributed by atoms with Crippen molar-refractivity contribution in [1.82, 2.24) is 9.97 Å². The lowest BCUT2D eigenvalue weighted by molar-refractivity contribution is 0.0886. The average Bonchev–Trinajstić information content (AvgIpc) is 2.79. The van der Waals surface area contributed by atoms with E-state index < -0.39 is 5.92 Å². The predicted molar refractivity (Wildman–Crippen MR) is 77.4 cm³/mol. The fourth-order valence-corrected chi connectivity index (χ4v) is 2.72. The van der Waals surface area contributed by atoms with Crippen LogP contribution in [0.5, 0.6) is 0 Å². The molecular weight excluding hydrogens is 264 g/mol. The monoisotopic (exact) mass is 274 g/mol. The summed E-state index contributed by atoms with van der Waals surface area (Å²) < 4.78 is 0. The lowest BCUT2D eigenvalue weighted by atomic mass is 9.99. The van der Waals surface area contributed by atoms with Crippen LogP contribution in [0.25, 0.3) is 10.9 Å². The van der Waals surface area contributed by atoms with Crippen molar-refractivity contribution < 1.29 is 9.59 Å². The molecule has 2 aromatic heterocycles. The first kappa shape index (κ1) is 11.9. The summed E-state index contributed by atoms with van der Waals surface area (Å²) in [4.78, 5) is 33.4. The number of carbonyl (C=O) groups is 2. The molecule has 100 valence electrons. The number of Topliss-reactive ketones (excluding diaryl/α,β-unsaturated/α-hetero) is 2. The molecule has 0 fully saturated rings. The van der Waals surface area contributed by atoms with Gasteiger partial charge in [0, 0.05) is 17.1 Å². The summed E-state index contributed by atoms with van der Waals surface area (Å²) in [5, 5.41) is 0.981. The molecule has 0 spiro atoms. The number of aromatic nitrogens is 2. The second-order valence-electron chi connectivity index (χ2n) is 4.99. The van der Waals surface area contributed by atoms with Crippen LogP contribution in [0.4, 0.5) is 0 Å². The van der Waals surface area contributed by atoms with Gasteiger partial charge in [0.2, 0.25) is 0 Å². The zero-order valence-electron chi connectivity index (χ0n) is 11.0. The van der Waals surface area contributed by atoms with Gasteiger partial charge in [-0.25, -0.2) is 0 Å². The van der Waals surface area contributed by atoms with Gasteiger partial charge >= 0.3 is 0 Å². The topological polar surface area (TPSA) is 59.9 Å². The van der Waals surface area contributed by atoms with Gasteiger partial charge in [0.1, 0.15) is 11.6 Å². The van der Waals surface area contributed by atoms with Gasteiger partial charge in [-0.15, -0.1) is 0 Å². The Kier molecular flexibility index (Phi) is 2.44. The number of ketones is 2. The molecule has 4 rings (SSSR count). The summed E-state index contributed by atoms with van der Waals surface area (Å²) in [5.41, 5.74) is 1.91. The minimum atomic E-state index is -0.862. The molecule has 0 bridgehead atoms. The average molecular weight is 274 g/mol. The third-order valence-corrected chi connectivity index (χ3v) is 3.75. The SMILES string of the molecule is O=C1c2cccnc2C(=O)[C@@H]1c1ccc2ccccc2n1. The third kappa shape index (κ3) is 1.69. The molecule has 21 heavy (non-hydrogen) atoms. The Morgan fingerprint density at radius 2 is 1.71 bits per heavy atom. The number of pyridine rings is 2. The first-order valence-corrected chi connectivity index (χ1v) is 6.65. The summed E-state index contributed by atoms with van der Waals surface area (Å²) in [7, 11) is 0. The molecule has 0 N–H and O–H groups in total. The van der Waals surface area contributed by atoms with Gasteiger partial charge in [-0.2, -0.15) is 0 Å². The molecule has 1 aromatic carbocycles. The maximum absolute atomic E-state index is 12.4.